The molecule has 0 unspecified atom stereocenters. The molecule has 0 spiro atoms. The molecule has 1 fully saturated rings. The molecule has 1 saturated heterocycles. The van der Waals surface area contributed by atoms with Gasteiger partial charge in [-0.3, -0.25) is 4.79 Å². The average molecular weight is 254 g/mol. The van der Waals surface area contributed by atoms with E-state index in [0.29, 0.717) is 0 Å². The van der Waals surface area contributed by atoms with Gasteiger partial charge in [0.25, 0.3) is 0 Å². The van der Waals surface area contributed by atoms with Gasteiger partial charge in [0.2, 0.25) is 0 Å². The first-order chi connectivity index (χ1) is 8.56. The minimum atomic E-state index is -0.932. The van der Waals surface area contributed by atoms with Crippen LogP contribution in [-0.2, 0) is 19.1 Å². The number of ether oxygens (including phenoxy) is 2. The molecule has 1 N–H and O–H groups in total. The van der Waals surface area contributed by atoms with Crippen LogP contribution in [0.3, 0.4) is 0 Å². The Balaban J connectivity index is 2.40. The van der Waals surface area contributed by atoms with Crippen molar-refractivity contribution in [3.8, 4) is 0 Å². The van der Waals surface area contributed by atoms with Crippen LogP contribution in [0.25, 0.3) is 0 Å². The van der Waals surface area contributed by atoms with Crippen molar-refractivity contribution in [1.82, 2.24) is 10.2 Å². The van der Waals surface area contributed by atoms with Gasteiger partial charge in [0.15, 0.2) is 0 Å². The van der Waals surface area contributed by atoms with Crippen molar-refractivity contribution in [1.29, 1.82) is 0 Å². The van der Waals surface area contributed by atoms with Crippen molar-refractivity contribution in [2.24, 2.45) is 0 Å². The van der Waals surface area contributed by atoms with Crippen LogP contribution in [0, 0.1) is 0 Å². The molecular formula is C11H14N2O5. The van der Waals surface area contributed by atoms with Crippen LogP contribution < -0.4 is 5.32 Å². The number of morpholine rings is 1. The molecule has 1 aliphatic rings. The molecule has 2 amide bonds. The number of amides is 2. The molecular weight excluding hydrogens is 240 g/mol. The van der Waals surface area contributed by atoms with Gasteiger partial charge in [0.05, 0.1) is 12.2 Å². The number of hydrogen-bond acceptors (Lipinski definition) is 5. The summed E-state index contributed by atoms with van der Waals surface area (Å²) in [6, 6.07) is 0. The molecule has 0 radical (unpaired) electrons. The lowest BCUT2D eigenvalue weighted by molar-refractivity contribution is -0.164. The average Bonchev–Trinajstić information content (AvgIpc) is 2.36. The monoisotopic (exact) mass is 254 g/mol. The maximum Gasteiger partial charge on any atom is 0.407 e. The first-order valence-corrected chi connectivity index (χ1v) is 5.24. The van der Waals surface area contributed by atoms with E-state index in [1.54, 1.807) is 0 Å². The molecule has 0 aromatic heterocycles. The Bertz CT molecular complexity index is 391. The van der Waals surface area contributed by atoms with Gasteiger partial charge in [0.1, 0.15) is 13.2 Å². The molecule has 1 aliphatic heterocycles. The van der Waals surface area contributed by atoms with Crippen LogP contribution >= 0.6 is 0 Å². The second-order valence-electron chi connectivity index (χ2n) is 3.40. The molecule has 98 valence electrons. The van der Waals surface area contributed by atoms with Crippen molar-refractivity contribution >= 4 is 18.0 Å². The third-order valence-electron chi connectivity index (χ3n) is 2.11. The standard InChI is InChI=1S/C11H14N2O5/c1-3-4-12-11(16)18-7-8(2)13-5-6-17-10(15)9(13)14/h3H,1-2,4-7H2,(H,12,16). The van der Waals surface area contributed by atoms with Crippen molar-refractivity contribution in [3.63, 3.8) is 0 Å². The van der Waals surface area contributed by atoms with E-state index in [1.165, 1.54) is 6.08 Å². The van der Waals surface area contributed by atoms with Crippen LogP contribution in [0.2, 0.25) is 0 Å². The molecule has 1 rings (SSSR count). The largest absolute Gasteiger partial charge is 0.457 e. The molecule has 0 saturated carbocycles. The number of nitrogens with zero attached hydrogens (tertiary/aromatic N) is 1. The van der Waals surface area contributed by atoms with E-state index in [0.717, 1.165) is 4.90 Å². The second kappa shape index (κ2) is 6.43. The fourth-order valence-corrected chi connectivity index (χ4v) is 1.24. The third-order valence-corrected chi connectivity index (χ3v) is 2.11. The quantitative estimate of drug-likeness (QED) is 0.417. The lowest BCUT2D eigenvalue weighted by Gasteiger charge is -2.26. The zero-order valence-corrected chi connectivity index (χ0v) is 9.81. The van der Waals surface area contributed by atoms with Crippen LogP contribution in [-0.4, -0.2) is 49.2 Å². The highest BCUT2D eigenvalue weighted by Crippen LogP contribution is 2.08. The fraction of sp³-hybridized carbons (Fsp3) is 0.364. The summed E-state index contributed by atoms with van der Waals surface area (Å²) in [5, 5.41) is 2.40. The van der Waals surface area contributed by atoms with E-state index >= 15 is 0 Å². The minimum absolute atomic E-state index is 0.103. The molecule has 0 bridgehead atoms. The fourth-order valence-electron chi connectivity index (χ4n) is 1.24. The number of nitrogens with one attached hydrogen (secondary N) is 1. The molecule has 1 heterocycles. The number of alkyl carbamates (subject to hydrolysis) is 1. The van der Waals surface area contributed by atoms with Gasteiger partial charge >= 0.3 is 18.0 Å². The highest BCUT2D eigenvalue weighted by atomic mass is 16.6. The van der Waals surface area contributed by atoms with Gasteiger partial charge in [-0.1, -0.05) is 12.7 Å². The van der Waals surface area contributed by atoms with E-state index in [9.17, 15) is 14.4 Å². The van der Waals surface area contributed by atoms with E-state index in [1.807, 2.05) is 0 Å². The molecule has 7 heteroatoms. The summed E-state index contributed by atoms with van der Waals surface area (Å²) in [4.78, 5) is 34.7. The number of carbonyl (C=O) groups excluding carboxylic acids is 3. The molecule has 0 aromatic carbocycles. The molecule has 0 aliphatic carbocycles. The zero-order chi connectivity index (χ0) is 13.5. The number of cyclic esters (lactones) is 1. The molecule has 0 aromatic rings. The van der Waals surface area contributed by atoms with Gasteiger partial charge in [-0.25, -0.2) is 9.59 Å². The summed E-state index contributed by atoms with van der Waals surface area (Å²) in [5.41, 5.74) is 0.227. The van der Waals surface area contributed by atoms with Crippen molar-refractivity contribution < 1.29 is 23.9 Å². The van der Waals surface area contributed by atoms with Crippen LogP contribution in [0.15, 0.2) is 24.9 Å². The molecule has 18 heavy (non-hydrogen) atoms. The Morgan fingerprint density at radius 2 is 2.28 bits per heavy atom. The highest BCUT2D eigenvalue weighted by Gasteiger charge is 2.30. The topological polar surface area (TPSA) is 84.9 Å². The maximum atomic E-state index is 11.4. The van der Waals surface area contributed by atoms with E-state index in [2.05, 4.69) is 23.2 Å². The Kier molecular flexibility index (Phi) is 4.91. The van der Waals surface area contributed by atoms with E-state index in [4.69, 9.17) is 4.74 Å². The van der Waals surface area contributed by atoms with Crippen LogP contribution in [0.1, 0.15) is 0 Å². The predicted octanol–water partition coefficient (Wildman–Crippen LogP) is -0.202. The minimum Gasteiger partial charge on any atom is -0.457 e. The van der Waals surface area contributed by atoms with Crippen molar-refractivity contribution in [3.05, 3.63) is 24.9 Å². The van der Waals surface area contributed by atoms with E-state index < -0.39 is 18.0 Å². The summed E-state index contributed by atoms with van der Waals surface area (Å²) in [7, 11) is 0. The maximum absolute atomic E-state index is 11.4. The Hall–Kier alpha value is -2.31. The molecule has 0 atom stereocenters. The van der Waals surface area contributed by atoms with E-state index in [-0.39, 0.29) is 32.0 Å². The lowest BCUT2D eigenvalue weighted by atomic mass is 10.3. The smallest absolute Gasteiger partial charge is 0.407 e. The molecule has 7 nitrogen and oxygen atoms in total. The van der Waals surface area contributed by atoms with Crippen molar-refractivity contribution in [2.75, 3.05) is 26.3 Å². The normalized spacial score (nSPS) is 14.8. The summed E-state index contributed by atoms with van der Waals surface area (Å²) in [6.07, 6.45) is 0.850. The summed E-state index contributed by atoms with van der Waals surface area (Å²) in [6.45, 7) is 7.43. The number of esters is 1. The van der Waals surface area contributed by atoms with Crippen molar-refractivity contribution in [2.45, 2.75) is 0 Å². The first kappa shape index (κ1) is 13.8. The summed E-state index contributed by atoms with van der Waals surface area (Å²) >= 11 is 0. The number of hydrogen-bond donors (Lipinski definition) is 1. The Morgan fingerprint density at radius 3 is 2.94 bits per heavy atom. The Labute approximate surface area is 104 Å². The first-order valence-electron chi connectivity index (χ1n) is 5.24. The Morgan fingerprint density at radius 1 is 1.56 bits per heavy atom. The summed E-state index contributed by atoms with van der Waals surface area (Å²) < 4.78 is 9.35. The van der Waals surface area contributed by atoms with Crippen LogP contribution in [0.5, 0.6) is 0 Å². The van der Waals surface area contributed by atoms with Gasteiger partial charge in [0, 0.05) is 6.54 Å². The van der Waals surface area contributed by atoms with Gasteiger partial charge < -0.3 is 19.7 Å². The highest BCUT2D eigenvalue weighted by molar-refractivity contribution is 6.33. The SMILES string of the molecule is C=CCNC(=O)OCC(=C)N1CCOC(=O)C1=O. The second-order valence-corrected chi connectivity index (χ2v) is 3.40. The van der Waals surface area contributed by atoms with Gasteiger partial charge in [-0.15, -0.1) is 6.58 Å². The third kappa shape index (κ3) is 3.62. The van der Waals surface area contributed by atoms with Gasteiger partial charge in [-0.05, 0) is 0 Å². The zero-order valence-electron chi connectivity index (χ0n) is 9.81. The number of carbonyl (C=O) groups is 3. The number of rotatable bonds is 5. The van der Waals surface area contributed by atoms with Gasteiger partial charge in [-0.2, -0.15) is 0 Å². The summed E-state index contributed by atoms with van der Waals surface area (Å²) in [5.74, 6) is -1.74. The predicted molar refractivity (Wildman–Crippen MR) is 61.4 cm³/mol. The lowest BCUT2D eigenvalue weighted by Crippen LogP contribution is -2.45. The van der Waals surface area contributed by atoms with Crippen LogP contribution in [0.4, 0.5) is 4.79 Å².